The van der Waals surface area contributed by atoms with E-state index in [0.29, 0.717) is 6.54 Å². The van der Waals surface area contributed by atoms with Gasteiger partial charge in [-0.25, -0.2) is 0 Å². The van der Waals surface area contributed by atoms with Crippen LogP contribution in [0, 0.1) is 6.54 Å². The minimum atomic E-state index is 0.0522. The summed E-state index contributed by atoms with van der Waals surface area (Å²) in [6, 6.07) is 9.77. The molecule has 1 rings (SSSR count). The largest absolute Gasteiger partial charge is 0.335 e. The molecule has 0 spiro atoms. The second-order valence-corrected chi connectivity index (χ2v) is 3.07. The molecule has 0 fully saturated rings. The molecule has 0 aliphatic carbocycles. The molecule has 1 amide bonds. The van der Waals surface area contributed by atoms with E-state index in [0.717, 1.165) is 5.56 Å². The molecule has 1 aromatic rings. The SMILES string of the molecule is CNCC(=O)N(C)[CH]c1ccccc1. The lowest BCUT2D eigenvalue weighted by molar-refractivity contribution is -0.127. The molecule has 3 heteroatoms. The predicted octanol–water partition coefficient (Wildman–Crippen LogP) is 0.874. The summed E-state index contributed by atoms with van der Waals surface area (Å²) < 4.78 is 0. The van der Waals surface area contributed by atoms with Gasteiger partial charge >= 0.3 is 0 Å². The third-order valence-electron chi connectivity index (χ3n) is 1.86. The lowest BCUT2D eigenvalue weighted by Crippen LogP contribution is -2.32. The summed E-state index contributed by atoms with van der Waals surface area (Å²) in [4.78, 5) is 13.0. The van der Waals surface area contributed by atoms with E-state index in [1.165, 1.54) is 0 Å². The molecule has 0 aliphatic heterocycles. The highest BCUT2D eigenvalue weighted by Gasteiger charge is 2.07. The fourth-order valence-corrected chi connectivity index (χ4v) is 1.11. The lowest BCUT2D eigenvalue weighted by atomic mass is 10.2. The van der Waals surface area contributed by atoms with Gasteiger partial charge in [0.1, 0.15) is 0 Å². The van der Waals surface area contributed by atoms with Gasteiger partial charge in [-0.1, -0.05) is 30.3 Å². The molecule has 0 saturated heterocycles. The second-order valence-electron chi connectivity index (χ2n) is 3.07. The molecule has 75 valence electrons. The number of likely N-dealkylation sites (N-methyl/N-ethyl adjacent to an activating group) is 2. The molecule has 0 saturated carbocycles. The smallest absolute Gasteiger partial charge is 0.236 e. The van der Waals surface area contributed by atoms with Gasteiger partial charge in [0.2, 0.25) is 5.91 Å². The number of nitrogens with zero attached hydrogens (tertiary/aromatic N) is 1. The maximum Gasteiger partial charge on any atom is 0.236 e. The maximum absolute atomic E-state index is 11.4. The van der Waals surface area contributed by atoms with Crippen molar-refractivity contribution >= 4 is 5.91 Å². The van der Waals surface area contributed by atoms with Crippen molar-refractivity contribution in [2.75, 3.05) is 20.6 Å². The van der Waals surface area contributed by atoms with Crippen molar-refractivity contribution < 1.29 is 4.79 Å². The van der Waals surface area contributed by atoms with Gasteiger partial charge < -0.3 is 10.2 Å². The van der Waals surface area contributed by atoms with E-state index in [9.17, 15) is 4.79 Å². The standard InChI is InChI=1S/C11H15N2O/c1-12-8-11(14)13(2)9-10-6-4-3-5-7-10/h3-7,9,12H,8H2,1-2H3. The Morgan fingerprint density at radius 3 is 2.64 bits per heavy atom. The van der Waals surface area contributed by atoms with Gasteiger partial charge in [0, 0.05) is 7.05 Å². The van der Waals surface area contributed by atoms with E-state index >= 15 is 0 Å². The first kappa shape index (κ1) is 10.7. The lowest BCUT2D eigenvalue weighted by Gasteiger charge is -2.15. The van der Waals surface area contributed by atoms with Crippen LogP contribution in [-0.2, 0) is 4.79 Å². The first-order valence-electron chi connectivity index (χ1n) is 4.54. The summed E-state index contributed by atoms with van der Waals surface area (Å²) >= 11 is 0. The van der Waals surface area contributed by atoms with Crippen LogP contribution in [0.3, 0.4) is 0 Å². The number of amides is 1. The summed E-state index contributed by atoms with van der Waals surface area (Å²) in [5.41, 5.74) is 1.03. The second kappa shape index (κ2) is 5.40. The van der Waals surface area contributed by atoms with Crippen LogP contribution in [0.1, 0.15) is 5.56 Å². The Morgan fingerprint density at radius 1 is 1.43 bits per heavy atom. The highest BCUT2D eigenvalue weighted by atomic mass is 16.2. The van der Waals surface area contributed by atoms with Crippen molar-refractivity contribution in [1.29, 1.82) is 0 Å². The molecule has 1 radical (unpaired) electrons. The van der Waals surface area contributed by atoms with Gasteiger partial charge in [0.05, 0.1) is 13.1 Å². The van der Waals surface area contributed by atoms with Crippen LogP contribution in [0.5, 0.6) is 0 Å². The molecule has 1 N–H and O–H groups in total. The van der Waals surface area contributed by atoms with Gasteiger partial charge in [-0.2, -0.15) is 0 Å². The van der Waals surface area contributed by atoms with Gasteiger partial charge in [0.15, 0.2) is 0 Å². The van der Waals surface area contributed by atoms with E-state index in [1.807, 2.05) is 36.9 Å². The Bertz CT molecular complexity index is 285. The topological polar surface area (TPSA) is 32.3 Å². The van der Waals surface area contributed by atoms with E-state index < -0.39 is 0 Å². The Hall–Kier alpha value is -1.35. The minimum Gasteiger partial charge on any atom is -0.335 e. The van der Waals surface area contributed by atoms with Crippen LogP contribution in [0.4, 0.5) is 0 Å². The molecule has 0 aromatic heterocycles. The molecule has 0 bridgehead atoms. The highest BCUT2D eigenvalue weighted by molar-refractivity contribution is 5.79. The average molecular weight is 191 g/mol. The molecular weight excluding hydrogens is 176 g/mol. The summed E-state index contributed by atoms with van der Waals surface area (Å²) in [5.74, 6) is 0.0522. The van der Waals surface area contributed by atoms with Gasteiger partial charge in [0.25, 0.3) is 0 Å². The number of hydrogen-bond donors (Lipinski definition) is 1. The molecule has 1 aromatic carbocycles. The first-order valence-corrected chi connectivity index (χ1v) is 4.54. The van der Waals surface area contributed by atoms with Crippen LogP contribution in [0.2, 0.25) is 0 Å². The summed E-state index contributed by atoms with van der Waals surface area (Å²) in [6.45, 7) is 2.18. The van der Waals surface area contributed by atoms with Crippen molar-refractivity contribution in [2.45, 2.75) is 0 Å². The predicted molar refractivity (Wildman–Crippen MR) is 56.5 cm³/mol. The fraction of sp³-hybridized carbons (Fsp3) is 0.273. The molecule has 14 heavy (non-hydrogen) atoms. The zero-order valence-corrected chi connectivity index (χ0v) is 8.53. The zero-order chi connectivity index (χ0) is 10.4. The number of rotatable bonds is 4. The fourth-order valence-electron chi connectivity index (χ4n) is 1.11. The van der Waals surface area contributed by atoms with Crippen LogP contribution < -0.4 is 5.32 Å². The maximum atomic E-state index is 11.4. The molecule has 0 heterocycles. The van der Waals surface area contributed by atoms with Crippen molar-refractivity contribution in [3.05, 3.63) is 42.4 Å². The Kier molecular flexibility index (Phi) is 4.13. The van der Waals surface area contributed by atoms with Crippen LogP contribution in [0.25, 0.3) is 0 Å². The van der Waals surface area contributed by atoms with Crippen LogP contribution in [0.15, 0.2) is 30.3 Å². The Labute approximate surface area is 84.7 Å². The zero-order valence-electron chi connectivity index (χ0n) is 8.53. The van der Waals surface area contributed by atoms with Crippen molar-refractivity contribution in [3.63, 3.8) is 0 Å². The number of nitrogens with one attached hydrogen (secondary N) is 1. The highest BCUT2D eigenvalue weighted by Crippen LogP contribution is 2.04. The molecule has 0 unspecified atom stereocenters. The molecular formula is C11H15N2O. The molecule has 3 nitrogen and oxygen atoms in total. The number of benzene rings is 1. The number of carbonyl (C=O) groups is 1. The van der Waals surface area contributed by atoms with Gasteiger partial charge in [-0.3, -0.25) is 4.79 Å². The summed E-state index contributed by atoms with van der Waals surface area (Å²) in [5, 5.41) is 2.82. The van der Waals surface area contributed by atoms with Crippen LogP contribution >= 0.6 is 0 Å². The molecule has 0 aliphatic rings. The van der Waals surface area contributed by atoms with Gasteiger partial charge in [-0.05, 0) is 12.6 Å². The Morgan fingerprint density at radius 2 is 2.07 bits per heavy atom. The van der Waals surface area contributed by atoms with Crippen molar-refractivity contribution in [3.8, 4) is 0 Å². The average Bonchev–Trinajstić information content (AvgIpc) is 2.19. The quantitative estimate of drug-likeness (QED) is 0.766. The monoisotopic (exact) mass is 191 g/mol. The van der Waals surface area contributed by atoms with Gasteiger partial charge in [-0.15, -0.1) is 0 Å². The van der Waals surface area contributed by atoms with Crippen molar-refractivity contribution in [1.82, 2.24) is 10.2 Å². The normalized spacial score (nSPS) is 9.86. The number of hydrogen-bond acceptors (Lipinski definition) is 2. The third kappa shape index (κ3) is 3.18. The van der Waals surface area contributed by atoms with E-state index in [4.69, 9.17) is 0 Å². The van der Waals surface area contributed by atoms with Crippen LogP contribution in [-0.4, -0.2) is 31.4 Å². The third-order valence-corrected chi connectivity index (χ3v) is 1.86. The minimum absolute atomic E-state index is 0.0522. The van der Waals surface area contributed by atoms with Crippen molar-refractivity contribution in [2.24, 2.45) is 0 Å². The first-order chi connectivity index (χ1) is 6.74. The van der Waals surface area contributed by atoms with E-state index in [2.05, 4.69) is 5.32 Å². The van der Waals surface area contributed by atoms with E-state index in [-0.39, 0.29) is 5.91 Å². The van der Waals surface area contributed by atoms with E-state index in [1.54, 1.807) is 19.0 Å². The Balaban J connectivity index is 2.49. The molecule has 0 atom stereocenters. The number of carbonyl (C=O) groups excluding carboxylic acids is 1. The summed E-state index contributed by atoms with van der Waals surface area (Å²) in [7, 11) is 3.51. The summed E-state index contributed by atoms with van der Waals surface area (Å²) in [6.07, 6.45) is 0.